The number of nitrogen functional groups attached to an aromatic ring is 1. The molecule has 1 aromatic carbocycles. The number of halogens is 1. The molecule has 2 rings (SSSR count). The third-order valence-corrected chi connectivity index (χ3v) is 2.98. The number of aromatic nitrogens is 2. The zero-order chi connectivity index (χ0) is 14.7. The minimum Gasteiger partial charge on any atom is -0.308 e. The summed E-state index contributed by atoms with van der Waals surface area (Å²) in [6, 6.07) is 6.42. The molecular weight excluding hydrogens is 255 g/mol. The summed E-state index contributed by atoms with van der Waals surface area (Å²) in [5.74, 6) is 6.65. The number of benzene rings is 1. The first-order chi connectivity index (χ1) is 9.49. The van der Waals surface area contributed by atoms with Crippen LogP contribution >= 0.6 is 0 Å². The second-order valence-corrected chi connectivity index (χ2v) is 5.27. The number of hydrazine groups is 1. The molecule has 5 heteroatoms. The van der Waals surface area contributed by atoms with Crippen molar-refractivity contribution in [2.45, 2.75) is 27.2 Å². The van der Waals surface area contributed by atoms with Crippen molar-refractivity contribution in [3.63, 3.8) is 0 Å². The molecule has 0 saturated carbocycles. The fourth-order valence-electron chi connectivity index (χ4n) is 2.05. The van der Waals surface area contributed by atoms with Gasteiger partial charge >= 0.3 is 0 Å². The number of nitrogens with two attached hydrogens (primary N) is 1. The van der Waals surface area contributed by atoms with Gasteiger partial charge in [0.2, 0.25) is 0 Å². The molecule has 2 aromatic rings. The Balaban J connectivity index is 2.52. The van der Waals surface area contributed by atoms with Crippen molar-refractivity contribution in [3.8, 4) is 11.4 Å². The van der Waals surface area contributed by atoms with Crippen molar-refractivity contribution in [1.29, 1.82) is 0 Å². The Bertz CT molecular complexity index is 611. The van der Waals surface area contributed by atoms with Gasteiger partial charge in [-0.3, -0.25) is 0 Å². The Kier molecular flexibility index (Phi) is 4.29. The Morgan fingerprint density at radius 1 is 1.25 bits per heavy atom. The van der Waals surface area contributed by atoms with Crippen molar-refractivity contribution in [2.75, 3.05) is 5.43 Å². The highest BCUT2D eigenvalue weighted by atomic mass is 19.1. The van der Waals surface area contributed by atoms with E-state index in [1.165, 1.54) is 12.1 Å². The molecule has 1 aromatic heterocycles. The first kappa shape index (κ1) is 14.4. The lowest BCUT2D eigenvalue weighted by atomic mass is 10.1. The Morgan fingerprint density at radius 3 is 2.65 bits per heavy atom. The number of hydrogen-bond donors (Lipinski definition) is 2. The van der Waals surface area contributed by atoms with Gasteiger partial charge in [0.15, 0.2) is 5.82 Å². The van der Waals surface area contributed by atoms with E-state index >= 15 is 0 Å². The van der Waals surface area contributed by atoms with Gasteiger partial charge < -0.3 is 5.43 Å². The lowest BCUT2D eigenvalue weighted by Gasteiger charge is -2.11. The first-order valence-electron chi connectivity index (χ1n) is 6.60. The Hall–Kier alpha value is -2.01. The van der Waals surface area contributed by atoms with E-state index in [2.05, 4.69) is 29.2 Å². The van der Waals surface area contributed by atoms with Crippen LogP contribution in [0.15, 0.2) is 24.3 Å². The smallest absolute Gasteiger partial charge is 0.162 e. The molecule has 0 aliphatic carbocycles. The number of hydrogen-bond acceptors (Lipinski definition) is 4. The van der Waals surface area contributed by atoms with E-state index < -0.39 is 0 Å². The minimum atomic E-state index is -0.300. The molecule has 0 aliphatic heterocycles. The summed E-state index contributed by atoms with van der Waals surface area (Å²) < 4.78 is 13.4. The van der Waals surface area contributed by atoms with E-state index in [1.807, 2.05) is 13.0 Å². The molecular formula is C15H19FN4. The van der Waals surface area contributed by atoms with Gasteiger partial charge in [0.25, 0.3) is 0 Å². The fraction of sp³-hybridized carbons (Fsp3) is 0.333. The van der Waals surface area contributed by atoms with Gasteiger partial charge in [0.1, 0.15) is 11.6 Å². The maximum absolute atomic E-state index is 13.4. The summed E-state index contributed by atoms with van der Waals surface area (Å²) in [6.07, 6.45) is 0.818. The summed E-state index contributed by atoms with van der Waals surface area (Å²) in [6.45, 7) is 6.14. The molecule has 4 nitrogen and oxygen atoms in total. The third-order valence-electron chi connectivity index (χ3n) is 2.98. The zero-order valence-corrected chi connectivity index (χ0v) is 11.9. The lowest BCUT2D eigenvalue weighted by molar-refractivity contribution is 0.627. The molecule has 0 radical (unpaired) electrons. The topological polar surface area (TPSA) is 63.8 Å². The number of aryl methyl sites for hydroxylation is 1. The Labute approximate surface area is 118 Å². The average Bonchev–Trinajstić information content (AvgIpc) is 2.40. The van der Waals surface area contributed by atoms with Gasteiger partial charge in [-0.05, 0) is 37.0 Å². The standard InChI is InChI=1S/C15H19FN4/c1-9(2)6-12-8-14(20-17)19-15(18-12)13-7-11(16)5-4-10(13)3/h4-5,7-9H,6,17H2,1-3H3,(H,18,19,20). The highest BCUT2D eigenvalue weighted by molar-refractivity contribution is 5.61. The normalized spacial score (nSPS) is 10.9. The SMILES string of the molecule is Cc1ccc(F)cc1-c1nc(CC(C)C)cc(NN)n1. The van der Waals surface area contributed by atoms with Crippen LogP contribution in [0.4, 0.5) is 10.2 Å². The van der Waals surface area contributed by atoms with Crippen LogP contribution in [-0.2, 0) is 6.42 Å². The molecule has 1 heterocycles. The van der Waals surface area contributed by atoms with Crippen LogP contribution in [0, 0.1) is 18.7 Å². The quantitative estimate of drug-likeness (QED) is 0.664. The summed E-state index contributed by atoms with van der Waals surface area (Å²) in [7, 11) is 0. The molecule has 20 heavy (non-hydrogen) atoms. The van der Waals surface area contributed by atoms with Crippen LogP contribution < -0.4 is 11.3 Å². The average molecular weight is 274 g/mol. The molecule has 0 atom stereocenters. The molecule has 106 valence electrons. The predicted octanol–water partition coefficient (Wildman–Crippen LogP) is 3.08. The van der Waals surface area contributed by atoms with Crippen molar-refractivity contribution in [1.82, 2.24) is 9.97 Å². The molecule has 0 amide bonds. The maximum atomic E-state index is 13.4. The molecule has 0 saturated heterocycles. The van der Waals surface area contributed by atoms with E-state index in [4.69, 9.17) is 5.84 Å². The van der Waals surface area contributed by atoms with Crippen molar-refractivity contribution in [3.05, 3.63) is 41.3 Å². The van der Waals surface area contributed by atoms with E-state index in [0.29, 0.717) is 23.1 Å². The van der Waals surface area contributed by atoms with Crippen LogP contribution in [0.1, 0.15) is 25.1 Å². The van der Waals surface area contributed by atoms with Crippen molar-refractivity contribution >= 4 is 5.82 Å². The molecule has 0 spiro atoms. The summed E-state index contributed by atoms with van der Waals surface area (Å²) in [4.78, 5) is 8.84. The number of anilines is 1. The largest absolute Gasteiger partial charge is 0.308 e. The molecule has 0 aliphatic rings. The van der Waals surface area contributed by atoms with E-state index in [-0.39, 0.29) is 5.82 Å². The van der Waals surface area contributed by atoms with Crippen LogP contribution in [0.2, 0.25) is 0 Å². The zero-order valence-electron chi connectivity index (χ0n) is 11.9. The summed E-state index contributed by atoms with van der Waals surface area (Å²) in [5.41, 5.74) is 5.04. The lowest BCUT2D eigenvalue weighted by Crippen LogP contribution is -2.11. The highest BCUT2D eigenvalue weighted by Gasteiger charge is 2.11. The number of nitrogens with one attached hydrogen (secondary N) is 1. The van der Waals surface area contributed by atoms with E-state index in [1.54, 1.807) is 6.07 Å². The number of nitrogens with zero attached hydrogens (tertiary/aromatic N) is 2. The molecule has 0 bridgehead atoms. The van der Waals surface area contributed by atoms with Crippen LogP contribution in [0.3, 0.4) is 0 Å². The summed E-state index contributed by atoms with van der Waals surface area (Å²) >= 11 is 0. The van der Waals surface area contributed by atoms with E-state index in [0.717, 1.165) is 17.7 Å². The highest BCUT2D eigenvalue weighted by Crippen LogP contribution is 2.23. The molecule has 0 fully saturated rings. The van der Waals surface area contributed by atoms with Gasteiger partial charge in [-0.25, -0.2) is 20.2 Å². The summed E-state index contributed by atoms with van der Waals surface area (Å²) in [5, 5.41) is 0. The maximum Gasteiger partial charge on any atom is 0.162 e. The minimum absolute atomic E-state index is 0.300. The predicted molar refractivity (Wildman–Crippen MR) is 78.5 cm³/mol. The first-order valence-corrected chi connectivity index (χ1v) is 6.60. The monoisotopic (exact) mass is 274 g/mol. The molecule has 0 unspecified atom stereocenters. The third kappa shape index (κ3) is 3.30. The van der Waals surface area contributed by atoms with Crippen molar-refractivity contribution < 1.29 is 4.39 Å². The van der Waals surface area contributed by atoms with Crippen LogP contribution in [0.25, 0.3) is 11.4 Å². The van der Waals surface area contributed by atoms with Gasteiger partial charge in [0.05, 0.1) is 0 Å². The Morgan fingerprint density at radius 2 is 2.00 bits per heavy atom. The van der Waals surface area contributed by atoms with E-state index in [9.17, 15) is 4.39 Å². The van der Waals surface area contributed by atoms with Crippen LogP contribution in [-0.4, -0.2) is 9.97 Å². The second kappa shape index (κ2) is 5.96. The van der Waals surface area contributed by atoms with Gasteiger partial charge in [-0.2, -0.15) is 0 Å². The van der Waals surface area contributed by atoms with Gasteiger partial charge in [-0.1, -0.05) is 19.9 Å². The van der Waals surface area contributed by atoms with Crippen LogP contribution in [0.5, 0.6) is 0 Å². The van der Waals surface area contributed by atoms with Gasteiger partial charge in [-0.15, -0.1) is 0 Å². The van der Waals surface area contributed by atoms with Crippen molar-refractivity contribution in [2.24, 2.45) is 11.8 Å². The second-order valence-electron chi connectivity index (χ2n) is 5.27. The number of rotatable bonds is 4. The molecule has 3 N–H and O–H groups in total. The fourth-order valence-corrected chi connectivity index (χ4v) is 2.05. The van der Waals surface area contributed by atoms with Gasteiger partial charge in [0, 0.05) is 17.3 Å².